The van der Waals surface area contributed by atoms with E-state index in [2.05, 4.69) is 10.6 Å². The molecule has 0 fully saturated rings. The van der Waals surface area contributed by atoms with Gasteiger partial charge in [0.05, 0.1) is 11.6 Å². The van der Waals surface area contributed by atoms with Crippen molar-refractivity contribution in [3.8, 4) is 11.5 Å². The second-order valence-electron chi connectivity index (χ2n) is 6.28. The molecule has 0 spiro atoms. The molecule has 0 heterocycles. The highest BCUT2D eigenvalue weighted by molar-refractivity contribution is 6.32. The highest BCUT2D eigenvalue weighted by Crippen LogP contribution is 2.26. The molecule has 0 aliphatic carbocycles. The molecule has 3 rings (SSSR count). The zero-order valence-corrected chi connectivity index (χ0v) is 16.9. The number of benzene rings is 3. The number of anilines is 2. The molecule has 0 saturated carbocycles. The van der Waals surface area contributed by atoms with Gasteiger partial charge in [-0.05, 0) is 61.0 Å². The molecule has 6 heteroatoms. The molecule has 150 valence electrons. The van der Waals surface area contributed by atoms with Crippen molar-refractivity contribution < 1.29 is 14.3 Å². The lowest BCUT2D eigenvalue weighted by atomic mass is 10.2. The number of halogens is 1. The largest absolute Gasteiger partial charge is 0.494 e. The SMILES string of the molecule is CCOc1ccc(NCc2ccc(OCC(=O)Nc3ccccc3)c(Cl)c2)cc1. The van der Waals surface area contributed by atoms with Crippen LogP contribution in [0.2, 0.25) is 5.02 Å². The monoisotopic (exact) mass is 410 g/mol. The van der Waals surface area contributed by atoms with Gasteiger partial charge in [-0.1, -0.05) is 35.9 Å². The fourth-order valence-corrected chi connectivity index (χ4v) is 2.93. The van der Waals surface area contributed by atoms with Gasteiger partial charge < -0.3 is 20.1 Å². The Morgan fingerprint density at radius 3 is 2.38 bits per heavy atom. The third-order valence-corrected chi connectivity index (χ3v) is 4.37. The molecule has 0 radical (unpaired) electrons. The molecule has 0 saturated heterocycles. The van der Waals surface area contributed by atoms with Crippen LogP contribution < -0.4 is 20.1 Å². The summed E-state index contributed by atoms with van der Waals surface area (Å²) in [5.41, 5.74) is 2.72. The Kier molecular flexibility index (Phi) is 7.36. The van der Waals surface area contributed by atoms with Gasteiger partial charge >= 0.3 is 0 Å². The minimum absolute atomic E-state index is 0.113. The molecule has 29 heavy (non-hydrogen) atoms. The summed E-state index contributed by atoms with van der Waals surface area (Å²) in [6.07, 6.45) is 0. The Bertz CT molecular complexity index is 931. The summed E-state index contributed by atoms with van der Waals surface area (Å²) in [5.74, 6) is 1.08. The maximum Gasteiger partial charge on any atom is 0.262 e. The Balaban J connectivity index is 1.49. The van der Waals surface area contributed by atoms with E-state index in [0.29, 0.717) is 23.9 Å². The Morgan fingerprint density at radius 2 is 1.69 bits per heavy atom. The van der Waals surface area contributed by atoms with Crippen molar-refractivity contribution in [3.05, 3.63) is 83.4 Å². The summed E-state index contributed by atoms with van der Waals surface area (Å²) in [7, 11) is 0. The predicted octanol–water partition coefficient (Wildman–Crippen LogP) is 5.37. The van der Waals surface area contributed by atoms with E-state index in [0.717, 1.165) is 22.7 Å². The quantitative estimate of drug-likeness (QED) is 0.498. The molecule has 0 unspecified atom stereocenters. The van der Waals surface area contributed by atoms with Gasteiger partial charge in [0.1, 0.15) is 11.5 Å². The first-order valence-corrected chi connectivity index (χ1v) is 9.74. The number of nitrogens with one attached hydrogen (secondary N) is 2. The van der Waals surface area contributed by atoms with Crippen LogP contribution >= 0.6 is 11.6 Å². The third-order valence-electron chi connectivity index (χ3n) is 4.07. The fraction of sp³-hybridized carbons (Fsp3) is 0.174. The van der Waals surface area contributed by atoms with Gasteiger partial charge in [0.25, 0.3) is 5.91 Å². The zero-order valence-electron chi connectivity index (χ0n) is 16.2. The molecular weight excluding hydrogens is 388 g/mol. The minimum Gasteiger partial charge on any atom is -0.494 e. The van der Waals surface area contributed by atoms with Crippen molar-refractivity contribution in [3.63, 3.8) is 0 Å². The first-order chi connectivity index (χ1) is 14.1. The predicted molar refractivity (Wildman–Crippen MR) is 117 cm³/mol. The van der Waals surface area contributed by atoms with Gasteiger partial charge in [0.2, 0.25) is 0 Å². The Hall–Kier alpha value is -3.18. The summed E-state index contributed by atoms with van der Waals surface area (Å²) >= 11 is 6.31. The fourth-order valence-electron chi connectivity index (χ4n) is 2.67. The van der Waals surface area contributed by atoms with Crippen molar-refractivity contribution in [1.29, 1.82) is 0 Å². The molecule has 1 amide bonds. The molecule has 2 N–H and O–H groups in total. The summed E-state index contributed by atoms with van der Waals surface area (Å²) in [4.78, 5) is 12.0. The van der Waals surface area contributed by atoms with Crippen molar-refractivity contribution in [1.82, 2.24) is 0 Å². The van der Waals surface area contributed by atoms with Crippen molar-refractivity contribution in [2.75, 3.05) is 23.8 Å². The lowest BCUT2D eigenvalue weighted by Crippen LogP contribution is -2.20. The van der Waals surface area contributed by atoms with E-state index in [1.54, 1.807) is 6.07 Å². The highest BCUT2D eigenvalue weighted by Gasteiger charge is 2.07. The van der Waals surface area contributed by atoms with Gasteiger partial charge in [-0.25, -0.2) is 0 Å². The summed E-state index contributed by atoms with van der Waals surface area (Å²) in [6, 6.07) is 22.5. The van der Waals surface area contributed by atoms with Crippen LogP contribution in [0.3, 0.4) is 0 Å². The van der Waals surface area contributed by atoms with Crippen LogP contribution in [-0.4, -0.2) is 19.1 Å². The minimum atomic E-state index is -0.242. The number of hydrogen-bond acceptors (Lipinski definition) is 4. The van der Waals surface area contributed by atoms with E-state index in [9.17, 15) is 4.79 Å². The summed E-state index contributed by atoms with van der Waals surface area (Å²) < 4.78 is 11.0. The second kappa shape index (κ2) is 10.4. The number of para-hydroxylation sites is 1. The molecule has 0 bridgehead atoms. The van der Waals surface area contributed by atoms with Gasteiger partial charge in [-0.3, -0.25) is 4.79 Å². The molecular formula is C23H23ClN2O3. The van der Waals surface area contributed by atoms with Crippen LogP contribution in [-0.2, 0) is 11.3 Å². The number of hydrogen-bond donors (Lipinski definition) is 2. The van der Waals surface area contributed by atoms with Crippen molar-refractivity contribution in [2.45, 2.75) is 13.5 Å². The zero-order chi connectivity index (χ0) is 20.5. The van der Waals surface area contributed by atoms with Crippen LogP contribution in [0.25, 0.3) is 0 Å². The van der Waals surface area contributed by atoms with Crippen LogP contribution in [0.4, 0.5) is 11.4 Å². The Labute approximate surface area is 175 Å². The number of rotatable bonds is 9. The van der Waals surface area contributed by atoms with Crippen LogP contribution in [0.1, 0.15) is 12.5 Å². The lowest BCUT2D eigenvalue weighted by molar-refractivity contribution is -0.118. The van der Waals surface area contributed by atoms with E-state index >= 15 is 0 Å². The van der Waals surface area contributed by atoms with E-state index in [1.807, 2.05) is 73.7 Å². The molecule has 0 aliphatic heterocycles. The van der Waals surface area contributed by atoms with Crippen molar-refractivity contribution in [2.24, 2.45) is 0 Å². The van der Waals surface area contributed by atoms with Crippen LogP contribution in [0.15, 0.2) is 72.8 Å². The van der Waals surface area contributed by atoms with Gasteiger partial charge in [-0.15, -0.1) is 0 Å². The van der Waals surface area contributed by atoms with Crippen LogP contribution in [0.5, 0.6) is 11.5 Å². The van der Waals surface area contributed by atoms with Crippen LogP contribution in [0, 0.1) is 0 Å². The second-order valence-corrected chi connectivity index (χ2v) is 6.69. The number of amides is 1. The first kappa shape index (κ1) is 20.6. The Morgan fingerprint density at radius 1 is 0.931 bits per heavy atom. The van der Waals surface area contributed by atoms with Crippen molar-refractivity contribution >= 4 is 28.9 Å². The first-order valence-electron chi connectivity index (χ1n) is 9.37. The number of ether oxygens (including phenoxy) is 2. The molecule has 0 aliphatic rings. The normalized spacial score (nSPS) is 10.3. The maximum atomic E-state index is 12.0. The van der Waals surface area contributed by atoms with Gasteiger partial charge in [0.15, 0.2) is 6.61 Å². The highest BCUT2D eigenvalue weighted by atomic mass is 35.5. The summed E-state index contributed by atoms with van der Waals surface area (Å²) in [6.45, 7) is 3.10. The third kappa shape index (κ3) is 6.43. The smallest absolute Gasteiger partial charge is 0.262 e. The van der Waals surface area contributed by atoms with E-state index < -0.39 is 0 Å². The van der Waals surface area contributed by atoms with E-state index in [1.165, 1.54) is 0 Å². The molecule has 0 atom stereocenters. The molecule has 3 aromatic carbocycles. The summed E-state index contributed by atoms with van der Waals surface area (Å²) in [5, 5.41) is 6.56. The van der Waals surface area contributed by atoms with Gasteiger partial charge in [0, 0.05) is 17.9 Å². The average molecular weight is 411 g/mol. The number of carbonyl (C=O) groups is 1. The molecule has 0 aromatic heterocycles. The van der Waals surface area contributed by atoms with E-state index in [4.69, 9.17) is 21.1 Å². The van der Waals surface area contributed by atoms with Gasteiger partial charge in [-0.2, -0.15) is 0 Å². The maximum absolute atomic E-state index is 12.0. The molecule has 3 aromatic rings. The lowest BCUT2D eigenvalue weighted by Gasteiger charge is -2.11. The van der Waals surface area contributed by atoms with E-state index in [-0.39, 0.29) is 12.5 Å². The topological polar surface area (TPSA) is 59.6 Å². The molecule has 5 nitrogen and oxygen atoms in total. The average Bonchev–Trinajstić information content (AvgIpc) is 2.73. The number of carbonyl (C=O) groups excluding carboxylic acids is 1. The standard InChI is InChI=1S/C23H23ClN2O3/c1-2-28-20-11-9-18(10-12-20)25-15-17-8-13-22(21(24)14-17)29-16-23(27)26-19-6-4-3-5-7-19/h3-14,25H,2,15-16H2,1H3,(H,26,27).